The molecule has 1 saturated heterocycles. The van der Waals surface area contributed by atoms with E-state index in [0.717, 1.165) is 11.3 Å². The molecule has 1 aliphatic heterocycles. The molecule has 6 heteroatoms. The number of nitrogens with zero attached hydrogens (tertiary/aromatic N) is 2. The molecule has 2 amide bonds. The van der Waals surface area contributed by atoms with Crippen LogP contribution in [-0.2, 0) is 27.4 Å². The molecule has 0 saturated carbocycles. The molecule has 1 aromatic carbocycles. The zero-order valence-electron chi connectivity index (χ0n) is 13.2. The first-order valence-corrected chi connectivity index (χ1v) is 7.83. The van der Waals surface area contributed by atoms with E-state index in [9.17, 15) is 9.59 Å². The van der Waals surface area contributed by atoms with E-state index in [-0.39, 0.29) is 25.0 Å². The first kappa shape index (κ1) is 16.1. The van der Waals surface area contributed by atoms with E-state index in [0.29, 0.717) is 13.1 Å². The topological polar surface area (TPSA) is 71.5 Å². The molecule has 2 aromatic rings. The Morgan fingerprint density at radius 3 is 2.75 bits per heavy atom. The van der Waals surface area contributed by atoms with Crippen LogP contribution in [0.15, 0.2) is 54.7 Å². The Bertz CT molecular complexity index is 691. The van der Waals surface area contributed by atoms with Gasteiger partial charge in [0.05, 0.1) is 18.8 Å². The Morgan fingerprint density at radius 1 is 1.21 bits per heavy atom. The number of aromatic nitrogens is 1. The normalized spacial score (nSPS) is 17.6. The highest BCUT2D eigenvalue weighted by Crippen LogP contribution is 2.14. The molecule has 1 N–H and O–H groups in total. The van der Waals surface area contributed by atoms with E-state index >= 15 is 0 Å². The largest absolute Gasteiger partial charge is 0.369 e. The summed E-state index contributed by atoms with van der Waals surface area (Å²) >= 11 is 0. The van der Waals surface area contributed by atoms with Crippen LogP contribution in [-0.4, -0.2) is 41.0 Å². The van der Waals surface area contributed by atoms with Crippen LogP contribution in [0.25, 0.3) is 0 Å². The fraction of sp³-hybridized carbons (Fsp3) is 0.278. The molecule has 1 unspecified atom stereocenters. The third kappa shape index (κ3) is 3.97. The van der Waals surface area contributed by atoms with Crippen LogP contribution in [0.4, 0.5) is 0 Å². The van der Waals surface area contributed by atoms with E-state index in [4.69, 9.17) is 4.74 Å². The summed E-state index contributed by atoms with van der Waals surface area (Å²) in [6.45, 7) is 0.928. The SMILES string of the molecule is O=C(NCc1ccccn1)C1COCC(=O)N1Cc1ccccc1. The van der Waals surface area contributed by atoms with Crippen molar-refractivity contribution >= 4 is 11.8 Å². The van der Waals surface area contributed by atoms with Crippen LogP contribution in [0.5, 0.6) is 0 Å². The number of amides is 2. The van der Waals surface area contributed by atoms with Crippen LogP contribution >= 0.6 is 0 Å². The molecule has 0 radical (unpaired) electrons. The van der Waals surface area contributed by atoms with Crippen molar-refractivity contribution in [2.45, 2.75) is 19.1 Å². The van der Waals surface area contributed by atoms with Gasteiger partial charge in [-0.2, -0.15) is 0 Å². The van der Waals surface area contributed by atoms with Crippen molar-refractivity contribution in [2.24, 2.45) is 0 Å². The summed E-state index contributed by atoms with van der Waals surface area (Å²) in [4.78, 5) is 30.4. The highest BCUT2D eigenvalue weighted by atomic mass is 16.5. The van der Waals surface area contributed by atoms with Gasteiger partial charge in [-0.05, 0) is 17.7 Å². The molecule has 3 rings (SSSR count). The number of morpholine rings is 1. The number of benzene rings is 1. The van der Waals surface area contributed by atoms with E-state index < -0.39 is 6.04 Å². The number of hydrogen-bond donors (Lipinski definition) is 1. The van der Waals surface area contributed by atoms with Gasteiger partial charge >= 0.3 is 0 Å². The lowest BCUT2D eigenvalue weighted by atomic mass is 10.1. The summed E-state index contributed by atoms with van der Waals surface area (Å²) in [5, 5.41) is 2.83. The van der Waals surface area contributed by atoms with Gasteiger partial charge in [0.1, 0.15) is 12.6 Å². The minimum atomic E-state index is -0.629. The minimum Gasteiger partial charge on any atom is -0.369 e. The van der Waals surface area contributed by atoms with Crippen molar-refractivity contribution in [1.29, 1.82) is 0 Å². The quantitative estimate of drug-likeness (QED) is 0.894. The molecule has 1 fully saturated rings. The standard InChI is InChI=1S/C18H19N3O3/c22-17-13-24-12-16(21(17)11-14-6-2-1-3-7-14)18(23)20-10-15-8-4-5-9-19-15/h1-9,16H,10-13H2,(H,20,23). The van der Waals surface area contributed by atoms with E-state index in [2.05, 4.69) is 10.3 Å². The predicted octanol–water partition coefficient (Wildman–Crippen LogP) is 1.13. The van der Waals surface area contributed by atoms with Crippen LogP contribution < -0.4 is 5.32 Å². The third-order valence-corrected chi connectivity index (χ3v) is 3.87. The Hall–Kier alpha value is -2.73. The van der Waals surface area contributed by atoms with Gasteiger partial charge in [-0.1, -0.05) is 36.4 Å². The minimum absolute atomic E-state index is 0.0108. The zero-order chi connectivity index (χ0) is 16.8. The van der Waals surface area contributed by atoms with Crippen molar-refractivity contribution in [3.05, 3.63) is 66.0 Å². The number of carbonyl (C=O) groups is 2. The molecule has 0 bridgehead atoms. The Balaban J connectivity index is 1.66. The Labute approximate surface area is 140 Å². The van der Waals surface area contributed by atoms with Crippen molar-refractivity contribution in [1.82, 2.24) is 15.2 Å². The number of nitrogens with one attached hydrogen (secondary N) is 1. The summed E-state index contributed by atoms with van der Waals surface area (Å²) in [5.41, 5.74) is 1.75. The van der Waals surface area contributed by atoms with Gasteiger partial charge < -0.3 is 15.0 Å². The fourth-order valence-corrected chi connectivity index (χ4v) is 2.60. The van der Waals surface area contributed by atoms with Crippen molar-refractivity contribution < 1.29 is 14.3 Å². The van der Waals surface area contributed by atoms with Gasteiger partial charge in [0.25, 0.3) is 0 Å². The summed E-state index contributed by atoms with van der Waals surface area (Å²) in [7, 11) is 0. The molecule has 0 spiro atoms. The molecular weight excluding hydrogens is 306 g/mol. The maximum Gasteiger partial charge on any atom is 0.249 e. The molecule has 1 atom stereocenters. The fourth-order valence-electron chi connectivity index (χ4n) is 2.60. The maximum absolute atomic E-state index is 12.5. The Morgan fingerprint density at radius 2 is 2.00 bits per heavy atom. The number of ether oxygens (including phenoxy) is 1. The first-order valence-electron chi connectivity index (χ1n) is 7.83. The average molecular weight is 325 g/mol. The monoisotopic (exact) mass is 325 g/mol. The van der Waals surface area contributed by atoms with Gasteiger partial charge in [-0.25, -0.2) is 0 Å². The molecule has 2 heterocycles. The average Bonchev–Trinajstić information content (AvgIpc) is 2.63. The van der Waals surface area contributed by atoms with E-state index in [1.54, 1.807) is 11.1 Å². The molecular formula is C18H19N3O3. The van der Waals surface area contributed by atoms with Crippen LogP contribution in [0.3, 0.4) is 0 Å². The van der Waals surface area contributed by atoms with Gasteiger partial charge in [0.2, 0.25) is 11.8 Å². The van der Waals surface area contributed by atoms with Crippen LogP contribution in [0, 0.1) is 0 Å². The van der Waals surface area contributed by atoms with Gasteiger partial charge in [0.15, 0.2) is 0 Å². The lowest BCUT2D eigenvalue weighted by molar-refractivity contribution is -0.155. The summed E-state index contributed by atoms with van der Waals surface area (Å²) in [6, 6.07) is 14.5. The predicted molar refractivity (Wildman–Crippen MR) is 87.7 cm³/mol. The van der Waals surface area contributed by atoms with E-state index in [1.807, 2.05) is 48.5 Å². The summed E-state index contributed by atoms with van der Waals surface area (Å²) in [6.07, 6.45) is 1.68. The second kappa shape index (κ2) is 7.70. The van der Waals surface area contributed by atoms with Gasteiger partial charge in [-0.3, -0.25) is 14.6 Å². The smallest absolute Gasteiger partial charge is 0.249 e. The maximum atomic E-state index is 12.5. The van der Waals surface area contributed by atoms with Crippen molar-refractivity contribution in [3.63, 3.8) is 0 Å². The molecule has 1 aliphatic rings. The summed E-state index contributed by atoms with van der Waals surface area (Å²) in [5.74, 6) is -0.410. The number of hydrogen-bond acceptors (Lipinski definition) is 4. The highest BCUT2D eigenvalue weighted by Gasteiger charge is 2.33. The Kier molecular flexibility index (Phi) is 5.18. The third-order valence-electron chi connectivity index (χ3n) is 3.87. The first-order chi connectivity index (χ1) is 11.7. The molecule has 6 nitrogen and oxygen atoms in total. The van der Waals surface area contributed by atoms with Gasteiger partial charge in [-0.15, -0.1) is 0 Å². The number of carbonyl (C=O) groups excluding carboxylic acids is 2. The zero-order valence-corrected chi connectivity index (χ0v) is 13.2. The highest BCUT2D eigenvalue weighted by molar-refractivity contribution is 5.89. The van der Waals surface area contributed by atoms with Crippen molar-refractivity contribution in [2.75, 3.05) is 13.2 Å². The summed E-state index contributed by atoms with van der Waals surface area (Å²) < 4.78 is 5.27. The molecule has 0 aliphatic carbocycles. The van der Waals surface area contributed by atoms with Crippen LogP contribution in [0.1, 0.15) is 11.3 Å². The van der Waals surface area contributed by atoms with Crippen molar-refractivity contribution in [3.8, 4) is 0 Å². The molecule has 24 heavy (non-hydrogen) atoms. The molecule has 124 valence electrons. The number of rotatable bonds is 5. The number of pyridine rings is 1. The van der Waals surface area contributed by atoms with E-state index in [1.165, 1.54) is 0 Å². The second-order valence-corrected chi connectivity index (χ2v) is 5.58. The van der Waals surface area contributed by atoms with Gasteiger partial charge in [0, 0.05) is 12.7 Å². The second-order valence-electron chi connectivity index (χ2n) is 5.58. The lowest BCUT2D eigenvalue weighted by Crippen LogP contribution is -2.55. The molecule has 1 aromatic heterocycles. The lowest BCUT2D eigenvalue weighted by Gasteiger charge is -2.34. The van der Waals surface area contributed by atoms with Crippen LogP contribution in [0.2, 0.25) is 0 Å².